The molecule has 1 rings (SSSR count). The van der Waals surface area contributed by atoms with Crippen LogP contribution in [0.5, 0.6) is 0 Å². The Kier molecular flexibility index (Phi) is 4.44. The Labute approximate surface area is 91.0 Å². The average Bonchev–Trinajstić information content (AvgIpc) is 2.62. The van der Waals surface area contributed by atoms with Crippen molar-refractivity contribution in [3.05, 3.63) is 0 Å². The number of nitrogens with zero attached hydrogens (tertiary/aromatic N) is 1. The first kappa shape index (κ1) is 11.9. The Bertz CT molecular complexity index is 278. The Morgan fingerprint density at radius 2 is 2.33 bits per heavy atom. The van der Waals surface area contributed by atoms with Crippen molar-refractivity contribution >= 4 is 6.09 Å². The van der Waals surface area contributed by atoms with Gasteiger partial charge in [0.15, 0.2) is 0 Å². The van der Waals surface area contributed by atoms with E-state index in [9.17, 15) is 4.79 Å². The SMILES string of the molecule is CCC#CC1C[C@H](OC(=O)N(C)C)CN1. The van der Waals surface area contributed by atoms with Crippen LogP contribution in [-0.2, 0) is 4.74 Å². The van der Waals surface area contributed by atoms with E-state index in [1.165, 1.54) is 4.90 Å². The van der Waals surface area contributed by atoms with Crippen LogP contribution in [0.15, 0.2) is 0 Å². The minimum atomic E-state index is -0.286. The van der Waals surface area contributed by atoms with E-state index >= 15 is 0 Å². The molecule has 1 aliphatic rings. The summed E-state index contributed by atoms with van der Waals surface area (Å²) in [6, 6.07) is 0.171. The number of rotatable bonds is 1. The zero-order valence-electron chi connectivity index (χ0n) is 9.54. The highest BCUT2D eigenvalue weighted by Gasteiger charge is 2.26. The summed E-state index contributed by atoms with van der Waals surface area (Å²) >= 11 is 0. The Balaban J connectivity index is 2.33. The van der Waals surface area contributed by atoms with Gasteiger partial charge in [-0.15, -0.1) is 5.92 Å². The molecule has 2 atom stereocenters. The molecule has 0 aromatic carbocycles. The summed E-state index contributed by atoms with van der Waals surface area (Å²) in [4.78, 5) is 12.7. The van der Waals surface area contributed by atoms with Gasteiger partial charge < -0.3 is 9.64 Å². The summed E-state index contributed by atoms with van der Waals surface area (Å²) in [5, 5.41) is 3.22. The van der Waals surface area contributed by atoms with Crippen LogP contribution in [0.4, 0.5) is 4.79 Å². The predicted molar refractivity (Wildman–Crippen MR) is 58.4 cm³/mol. The van der Waals surface area contributed by atoms with Gasteiger partial charge in [-0.1, -0.05) is 12.8 Å². The van der Waals surface area contributed by atoms with E-state index < -0.39 is 0 Å². The van der Waals surface area contributed by atoms with Crippen LogP contribution >= 0.6 is 0 Å². The second-order valence-electron chi connectivity index (χ2n) is 3.77. The monoisotopic (exact) mass is 210 g/mol. The number of amides is 1. The second kappa shape index (κ2) is 5.62. The fourth-order valence-corrected chi connectivity index (χ4v) is 1.38. The maximum Gasteiger partial charge on any atom is 0.409 e. The molecular formula is C11H18N2O2. The van der Waals surface area contributed by atoms with Gasteiger partial charge in [-0.3, -0.25) is 5.32 Å². The van der Waals surface area contributed by atoms with Crippen molar-refractivity contribution < 1.29 is 9.53 Å². The molecule has 1 heterocycles. The molecule has 1 N–H and O–H groups in total. The number of hydrogen-bond donors (Lipinski definition) is 1. The topological polar surface area (TPSA) is 41.6 Å². The molecule has 15 heavy (non-hydrogen) atoms. The lowest BCUT2D eigenvalue weighted by Gasteiger charge is -2.15. The van der Waals surface area contributed by atoms with E-state index in [0.29, 0.717) is 6.54 Å². The quantitative estimate of drug-likeness (QED) is 0.652. The lowest BCUT2D eigenvalue weighted by molar-refractivity contribution is 0.0827. The van der Waals surface area contributed by atoms with Crippen molar-refractivity contribution in [1.82, 2.24) is 10.2 Å². The molecule has 1 saturated heterocycles. The molecule has 4 heteroatoms. The minimum absolute atomic E-state index is 0.0453. The smallest absolute Gasteiger partial charge is 0.409 e. The molecule has 0 radical (unpaired) electrons. The van der Waals surface area contributed by atoms with Gasteiger partial charge in [-0.05, 0) is 0 Å². The van der Waals surface area contributed by atoms with Gasteiger partial charge in [0.1, 0.15) is 6.10 Å². The second-order valence-corrected chi connectivity index (χ2v) is 3.77. The van der Waals surface area contributed by atoms with Crippen LogP contribution in [-0.4, -0.2) is 43.8 Å². The van der Waals surface area contributed by atoms with Gasteiger partial charge in [0, 0.05) is 33.5 Å². The van der Waals surface area contributed by atoms with E-state index in [0.717, 1.165) is 12.8 Å². The Morgan fingerprint density at radius 3 is 2.93 bits per heavy atom. The number of nitrogens with one attached hydrogen (secondary N) is 1. The Morgan fingerprint density at radius 1 is 1.60 bits per heavy atom. The lowest BCUT2D eigenvalue weighted by Crippen LogP contribution is -2.29. The molecule has 1 amide bonds. The van der Waals surface area contributed by atoms with E-state index in [1.807, 2.05) is 6.92 Å². The van der Waals surface area contributed by atoms with Crippen LogP contribution in [0.3, 0.4) is 0 Å². The standard InChI is InChI=1S/C11H18N2O2/c1-4-5-6-9-7-10(8-12-9)15-11(14)13(2)3/h9-10,12H,4,7-8H2,1-3H3/t9?,10-/m0/s1. The predicted octanol–water partition coefficient (Wildman–Crippen LogP) is 0.828. The molecule has 1 aliphatic heterocycles. The van der Waals surface area contributed by atoms with Gasteiger partial charge in [-0.2, -0.15) is 0 Å². The van der Waals surface area contributed by atoms with Gasteiger partial charge in [-0.25, -0.2) is 4.79 Å². The highest BCUT2D eigenvalue weighted by atomic mass is 16.6. The zero-order chi connectivity index (χ0) is 11.3. The van der Waals surface area contributed by atoms with Crippen LogP contribution in [0.2, 0.25) is 0 Å². The summed E-state index contributed by atoms with van der Waals surface area (Å²) in [7, 11) is 3.36. The third kappa shape index (κ3) is 3.80. The molecule has 0 bridgehead atoms. The Hall–Kier alpha value is -1.21. The van der Waals surface area contributed by atoms with Crippen LogP contribution in [0.25, 0.3) is 0 Å². The first-order valence-corrected chi connectivity index (χ1v) is 5.23. The lowest BCUT2D eigenvalue weighted by atomic mass is 10.2. The molecular weight excluding hydrogens is 192 g/mol. The molecule has 0 aliphatic carbocycles. The van der Waals surface area contributed by atoms with Gasteiger partial charge in [0.2, 0.25) is 0 Å². The third-order valence-corrected chi connectivity index (χ3v) is 2.18. The van der Waals surface area contributed by atoms with Crippen LogP contribution in [0, 0.1) is 11.8 Å². The van der Waals surface area contributed by atoms with Crippen molar-refractivity contribution in [3.63, 3.8) is 0 Å². The van der Waals surface area contributed by atoms with E-state index in [-0.39, 0.29) is 18.2 Å². The normalized spacial score (nSPS) is 24.2. The van der Waals surface area contributed by atoms with Crippen molar-refractivity contribution in [2.75, 3.05) is 20.6 Å². The summed E-state index contributed by atoms with van der Waals surface area (Å²) in [6.07, 6.45) is 1.31. The van der Waals surface area contributed by atoms with Gasteiger partial charge in [0.05, 0.1) is 6.04 Å². The van der Waals surface area contributed by atoms with Gasteiger partial charge >= 0.3 is 6.09 Å². The van der Waals surface area contributed by atoms with E-state index in [1.54, 1.807) is 14.1 Å². The minimum Gasteiger partial charge on any atom is -0.445 e. The average molecular weight is 210 g/mol. The number of carbonyl (C=O) groups excluding carboxylic acids is 1. The maximum absolute atomic E-state index is 11.3. The van der Waals surface area contributed by atoms with Crippen LogP contribution in [0.1, 0.15) is 19.8 Å². The number of hydrogen-bond acceptors (Lipinski definition) is 3. The third-order valence-electron chi connectivity index (χ3n) is 2.18. The van der Waals surface area contributed by atoms with Crippen molar-refractivity contribution in [1.29, 1.82) is 0 Å². The van der Waals surface area contributed by atoms with Gasteiger partial charge in [0.25, 0.3) is 0 Å². The summed E-state index contributed by atoms with van der Waals surface area (Å²) in [6.45, 7) is 2.72. The molecule has 1 unspecified atom stereocenters. The number of carbonyl (C=O) groups is 1. The molecule has 4 nitrogen and oxygen atoms in total. The van der Waals surface area contributed by atoms with Crippen molar-refractivity contribution in [2.45, 2.75) is 31.9 Å². The van der Waals surface area contributed by atoms with Crippen molar-refractivity contribution in [2.24, 2.45) is 0 Å². The molecule has 0 aromatic rings. The zero-order valence-corrected chi connectivity index (χ0v) is 9.54. The molecule has 0 saturated carbocycles. The summed E-state index contributed by atoms with van der Waals surface area (Å²) < 4.78 is 5.24. The summed E-state index contributed by atoms with van der Waals surface area (Å²) in [5.41, 5.74) is 0. The summed E-state index contributed by atoms with van der Waals surface area (Å²) in [5.74, 6) is 6.12. The number of ether oxygens (including phenoxy) is 1. The highest BCUT2D eigenvalue weighted by Crippen LogP contribution is 2.10. The first-order valence-electron chi connectivity index (χ1n) is 5.23. The van der Waals surface area contributed by atoms with E-state index in [4.69, 9.17) is 4.74 Å². The van der Waals surface area contributed by atoms with E-state index in [2.05, 4.69) is 17.2 Å². The highest BCUT2D eigenvalue weighted by molar-refractivity contribution is 5.67. The molecule has 0 spiro atoms. The fraction of sp³-hybridized carbons (Fsp3) is 0.727. The molecule has 0 aromatic heterocycles. The molecule has 1 fully saturated rings. The van der Waals surface area contributed by atoms with Crippen LogP contribution < -0.4 is 5.32 Å². The maximum atomic E-state index is 11.3. The fourth-order valence-electron chi connectivity index (χ4n) is 1.38. The molecule has 84 valence electrons. The van der Waals surface area contributed by atoms with Crippen molar-refractivity contribution in [3.8, 4) is 11.8 Å². The first-order chi connectivity index (χ1) is 7.13. The largest absolute Gasteiger partial charge is 0.445 e.